The Kier molecular flexibility index (Phi) is 3.48. The molecule has 100 valence electrons. The van der Waals surface area contributed by atoms with Crippen molar-refractivity contribution in [2.45, 2.75) is 6.18 Å². The maximum atomic E-state index is 12.6. The molecule has 1 heterocycles. The second-order valence-electron chi connectivity index (χ2n) is 3.59. The maximum Gasteiger partial charge on any atom is 0.416 e. The largest absolute Gasteiger partial charge is 0.416 e. The highest BCUT2D eigenvalue weighted by molar-refractivity contribution is 6.30. The van der Waals surface area contributed by atoms with Crippen molar-refractivity contribution in [1.29, 1.82) is 0 Å². The summed E-state index contributed by atoms with van der Waals surface area (Å²) in [4.78, 5) is 10.5. The first kappa shape index (κ1) is 13.4. The molecule has 0 atom stereocenters. The third kappa shape index (κ3) is 2.87. The van der Waals surface area contributed by atoms with Crippen LogP contribution in [0.5, 0.6) is 0 Å². The van der Waals surface area contributed by atoms with Gasteiger partial charge in [0.05, 0.1) is 28.2 Å². The lowest BCUT2D eigenvalue weighted by Gasteiger charge is -2.12. The summed E-state index contributed by atoms with van der Waals surface area (Å²) < 4.78 is 39.0. The molecule has 0 saturated carbocycles. The van der Waals surface area contributed by atoms with Gasteiger partial charge in [-0.1, -0.05) is 11.6 Å². The Hall–Kier alpha value is -2.02. The topological polar surface area (TPSA) is 46.9 Å². The number of amides is 1. The van der Waals surface area contributed by atoms with E-state index in [4.69, 9.17) is 11.6 Å². The Labute approximate surface area is 110 Å². The number of anilines is 1. The minimum atomic E-state index is -4.49. The minimum Gasteiger partial charge on any atom is -0.327 e. The van der Waals surface area contributed by atoms with Crippen LogP contribution in [-0.4, -0.2) is 16.2 Å². The van der Waals surface area contributed by atoms with E-state index in [2.05, 4.69) is 10.4 Å². The van der Waals surface area contributed by atoms with Crippen LogP contribution in [0.4, 0.5) is 18.9 Å². The van der Waals surface area contributed by atoms with Gasteiger partial charge in [0.1, 0.15) is 0 Å². The van der Waals surface area contributed by atoms with Crippen molar-refractivity contribution in [2.24, 2.45) is 0 Å². The fourth-order valence-corrected chi connectivity index (χ4v) is 1.66. The third-order valence-electron chi connectivity index (χ3n) is 2.34. The molecule has 0 unspecified atom stereocenters. The predicted molar refractivity (Wildman–Crippen MR) is 63.3 cm³/mol. The van der Waals surface area contributed by atoms with Crippen LogP contribution in [0.3, 0.4) is 0 Å². The van der Waals surface area contributed by atoms with Gasteiger partial charge in [0.2, 0.25) is 6.41 Å². The molecule has 4 nitrogen and oxygen atoms in total. The standard InChI is InChI=1S/C11H7ClF3N3O/c12-8-4-17-18(5-8)10-2-1-7(11(13,14)15)3-9(10)16-6-19/h1-6H,(H,16,19). The highest BCUT2D eigenvalue weighted by Crippen LogP contribution is 2.33. The van der Waals surface area contributed by atoms with Gasteiger partial charge in [0.25, 0.3) is 0 Å². The van der Waals surface area contributed by atoms with Crippen molar-refractivity contribution in [3.63, 3.8) is 0 Å². The number of carbonyl (C=O) groups is 1. The predicted octanol–water partition coefficient (Wildman–Crippen LogP) is 3.11. The van der Waals surface area contributed by atoms with Crippen molar-refractivity contribution in [3.8, 4) is 5.69 Å². The monoisotopic (exact) mass is 289 g/mol. The first-order valence-electron chi connectivity index (χ1n) is 5.04. The lowest BCUT2D eigenvalue weighted by molar-refractivity contribution is -0.137. The van der Waals surface area contributed by atoms with Crippen LogP contribution in [0, 0.1) is 0 Å². The van der Waals surface area contributed by atoms with Gasteiger partial charge in [-0.25, -0.2) is 4.68 Å². The molecule has 2 rings (SSSR count). The number of halogens is 4. The molecular formula is C11H7ClF3N3O. The maximum absolute atomic E-state index is 12.6. The van der Waals surface area contributed by atoms with Crippen LogP contribution in [0.25, 0.3) is 5.69 Å². The third-order valence-corrected chi connectivity index (χ3v) is 2.53. The number of aromatic nitrogens is 2. The fourth-order valence-electron chi connectivity index (χ4n) is 1.52. The highest BCUT2D eigenvalue weighted by Gasteiger charge is 2.31. The van der Waals surface area contributed by atoms with Gasteiger partial charge in [-0.15, -0.1) is 0 Å². The molecule has 0 aliphatic heterocycles. The molecule has 2 aromatic rings. The van der Waals surface area contributed by atoms with E-state index >= 15 is 0 Å². The van der Waals surface area contributed by atoms with Gasteiger partial charge in [0.15, 0.2) is 0 Å². The molecule has 0 spiro atoms. The second kappa shape index (κ2) is 4.93. The van der Waals surface area contributed by atoms with Gasteiger partial charge >= 0.3 is 6.18 Å². The quantitative estimate of drug-likeness (QED) is 0.883. The van der Waals surface area contributed by atoms with Crippen LogP contribution < -0.4 is 5.32 Å². The van der Waals surface area contributed by atoms with Crippen LogP contribution in [0.1, 0.15) is 5.56 Å². The Morgan fingerprint density at radius 1 is 1.37 bits per heavy atom. The Bertz CT molecular complexity index is 609. The van der Waals surface area contributed by atoms with Gasteiger partial charge < -0.3 is 5.32 Å². The molecule has 1 aromatic carbocycles. The molecule has 1 amide bonds. The molecule has 0 aliphatic carbocycles. The normalized spacial score (nSPS) is 11.4. The van der Waals surface area contributed by atoms with Gasteiger partial charge in [-0.2, -0.15) is 18.3 Å². The zero-order chi connectivity index (χ0) is 14.0. The molecule has 0 fully saturated rings. The summed E-state index contributed by atoms with van der Waals surface area (Å²) in [5.41, 5.74) is -0.588. The van der Waals surface area contributed by atoms with Gasteiger partial charge in [0, 0.05) is 6.20 Å². The molecule has 0 radical (unpaired) electrons. The molecule has 0 saturated heterocycles. The smallest absolute Gasteiger partial charge is 0.327 e. The summed E-state index contributed by atoms with van der Waals surface area (Å²) in [5, 5.41) is 6.41. The Morgan fingerprint density at radius 3 is 2.63 bits per heavy atom. The lowest BCUT2D eigenvalue weighted by atomic mass is 10.1. The lowest BCUT2D eigenvalue weighted by Crippen LogP contribution is -2.09. The molecule has 0 aliphatic rings. The summed E-state index contributed by atoms with van der Waals surface area (Å²) in [5.74, 6) is 0. The number of benzene rings is 1. The van der Waals surface area contributed by atoms with Crippen molar-refractivity contribution in [3.05, 3.63) is 41.2 Å². The van der Waals surface area contributed by atoms with E-state index in [9.17, 15) is 18.0 Å². The zero-order valence-electron chi connectivity index (χ0n) is 9.28. The summed E-state index contributed by atoms with van der Waals surface area (Å²) in [6.45, 7) is 0. The molecule has 1 aromatic heterocycles. The van der Waals surface area contributed by atoms with Crippen LogP contribution >= 0.6 is 11.6 Å². The number of nitrogens with one attached hydrogen (secondary N) is 1. The van der Waals surface area contributed by atoms with Crippen molar-refractivity contribution in [1.82, 2.24) is 9.78 Å². The summed E-state index contributed by atoms with van der Waals surface area (Å²) >= 11 is 5.69. The minimum absolute atomic E-state index is 0.00964. The number of hydrogen-bond donors (Lipinski definition) is 1. The first-order chi connectivity index (χ1) is 8.91. The fraction of sp³-hybridized carbons (Fsp3) is 0.0909. The molecule has 0 bridgehead atoms. The number of hydrogen-bond acceptors (Lipinski definition) is 2. The van der Waals surface area contributed by atoms with Crippen molar-refractivity contribution in [2.75, 3.05) is 5.32 Å². The molecular weight excluding hydrogens is 283 g/mol. The summed E-state index contributed by atoms with van der Waals surface area (Å²) in [6, 6.07) is 2.94. The highest BCUT2D eigenvalue weighted by atomic mass is 35.5. The number of carbonyl (C=O) groups excluding carboxylic acids is 1. The van der Waals surface area contributed by atoms with E-state index in [1.165, 1.54) is 23.1 Å². The average molecular weight is 290 g/mol. The number of alkyl halides is 3. The summed E-state index contributed by atoms with van der Waals surface area (Å²) in [6.07, 6.45) is -1.44. The summed E-state index contributed by atoms with van der Waals surface area (Å²) in [7, 11) is 0. The Morgan fingerprint density at radius 2 is 2.11 bits per heavy atom. The molecule has 19 heavy (non-hydrogen) atoms. The van der Waals surface area contributed by atoms with E-state index in [-0.39, 0.29) is 11.4 Å². The first-order valence-corrected chi connectivity index (χ1v) is 5.41. The SMILES string of the molecule is O=CNc1cc(C(F)(F)F)ccc1-n1cc(Cl)cn1. The Balaban J connectivity index is 2.52. The van der Waals surface area contributed by atoms with E-state index in [0.717, 1.165) is 12.1 Å². The number of nitrogens with zero attached hydrogens (tertiary/aromatic N) is 2. The van der Waals surface area contributed by atoms with E-state index in [1.807, 2.05) is 0 Å². The van der Waals surface area contributed by atoms with Crippen molar-refractivity contribution < 1.29 is 18.0 Å². The molecule has 1 N–H and O–H groups in total. The van der Waals surface area contributed by atoms with Gasteiger partial charge in [-0.3, -0.25) is 4.79 Å². The van der Waals surface area contributed by atoms with Crippen LogP contribution in [0.15, 0.2) is 30.6 Å². The molecule has 8 heteroatoms. The number of rotatable bonds is 3. The average Bonchev–Trinajstić information content (AvgIpc) is 2.75. The van der Waals surface area contributed by atoms with E-state index in [1.54, 1.807) is 0 Å². The van der Waals surface area contributed by atoms with Crippen LogP contribution in [0.2, 0.25) is 5.02 Å². The van der Waals surface area contributed by atoms with E-state index in [0.29, 0.717) is 11.4 Å². The zero-order valence-corrected chi connectivity index (χ0v) is 10.0. The van der Waals surface area contributed by atoms with Crippen molar-refractivity contribution >= 4 is 23.7 Å². The van der Waals surface area contributed by atoms with Crippen LogP contribution in [-0.2, 0) is 11.0 Å². The van der Waals surface area contributed by atoms with E-state index < -0.39 is 11.7 Å². The second-order valence-corrected chi connectivity index (χ2v) is 4.03. The van der Waals surface area contributed by atoms with Gasteiger partial charge in [-0.05, 0) is 18.2 Å².